The zero-order valence-corrected chi connectivity index (χ0v) is 17.8. The summed E-state index contributed by atoms with van der Waals surface area (Å²) < 4.78 is 36.0. The molecule has 1 N–H and O–H groups in total. The van der Waals surface area contributed by atoms with Crippen molar-refractivity contribution in [3.63, 3.8) is 0 Å². The van der Waals surface area contributed by atoms with E-state index in [1.54, 1.807) is 18.2 Å². The molecule has 1 aromatic rings. The maximum absolute atomic E-state index is 12.3. The summed E-state index contributed by atoms with van der Waals surface area (Å²) in [6.45, 7) is 0.405. The van der Waals surface area contributed by atoms with Crippen molar-refractivity contribution in [2.24, 2.45) is 0 Å². The topological polar surface area (TPSA) is 84.9 Å². The fourth-order valence-electron chi connectivity index (χ4n) is 3.41. The fourth-order valence-corrected chi connectivity index (χ4v) is 5.57. The number of carbonyl (C=O) groups is 1. The number of hydrogen-bond acceptors (Lipinski definition) is 6. The molecule has 0 saturated heterocycles. The summed E-state index contributed by atoms with van der Waals surface area (Å²) in [4.78, 5) is 12.3. The third kappa shape index (κ3) is 5.94. The number of benzene rings is 1. The van der Waals surface area contributed by atoms with E-state index in [1.165, 1.54) is 32.1 Å². The van der Waals surface area contributed by atoms with Gasteiger partial charge in [-0.25, -0.2) is 8.42 Å². The Labute approximate surface area is 171 Å². The summed E-state index contributed by atoms with van der Waals surface area (Å²) in [6, 6.07) is 4.84. The lowest BCUT2D eigenvalue weighted by atomic mass is 10.0. The first-order valence-corrected chi connectivity index (χ1v) is 12.6. The molecule has 1 saturated carbocycles. The molecule has 0 unspecified atom stereocenters. The minimum Gasteiger partial charge on any atom is -0.454 e. The average Bonchev–Trinajstić information content (AvgIpc) is 3.13. The van der Waals surface area contributed by atoms with Crippen molar-refractivity contribution in [2.75, 3.05) is 36.2 Å². The molecule has 1 aliphatic carbocycles. The molecule has 1 aliphatic heterocycles. The van der Waals surface area contributed by atoms with Crippen molar-refractivity contribution >= 4 is 33.4 Å². The molecule has 9 heteroatoms. The molecule has 0 aromatic heterocycles. The average molecular weight is 429 g/mol. The molecule has 1 aromatic carbocycles. The standard InChI is InChI=1S/C19H28N2O5S2/c1-28(23,24)21(15-8-9-17-18(12-15)26-14-25-17)13-19(22)20-10-5-11-27-16-6-3-2-4-7-16/h8-9,12,16H,2-7,10-11,13-14H2,1H3,(H,20,22). The highest BCUT2D eigenvalue weighted by atomic mass is 32.2. The Bertz CT molecular complexity index is 779. The Balaban J connectivity index is 1.47. The van der Waals surface area contributed by atoms with Crippen molar-refractivity contribution in [2.45, 2.75) is 43.8 Å². The number of hydrogen-bond donors (Lipinski definition) is 1. The van der Waals surface area contributed by atoms with Crippen LogP contribution in [0.5, 0.6) is 11.5 Å². The summed E-state index contributed by atoms with van der Waals surface area (Å²) >= 11 is 1.99. The summed E-state index contributed by atoms with van der Waals surface area (Å²) in [7, 11) is -3.61. The van der Waals surface area contributed by atoms with Gasteiger partial charge in [-0.15, -0.1) is 0 Å². The number of sulfonamides is 1. The molecule has 0 bridgehead atoms. The highest BCUT2D eigenvalue weighted by molar-refractivity contribution is 7.99. The van der Waals surface area contributed by atoms with Crippen LogP contribution in [0, 0.1) is 0 Å². The molecule has 3 rings (SSSR count). The van der Waals surface area contributed by atoms with E-state index < -0.39 is 10.0 Å². The van der Waals surface area contributed by atoms with Crippen LogP contribution in [0.25, 0.3) is 0 Å². The van der Waals surface area contributed by atoms with E-state index in [1.807, 2.05) is 11.8 Å². The smallest absolute Gasteiger partial charge is 0.240 e. The predicted molar refractivity (Wildman–Crippen MR) is 112 cm³/mol. The minimum absolute atomic E-state index is 0.108. The summed E-state index contributed by atoms with van der Waals surface area (Å²) in [6.07, 6.45) is 8.59. The highest BCUT2D eigenvalue weighted by Gasteiger charge is 2.23. The monoisotopic (exact) mass is 428 g/mol. The van der Waals surface area contributed by atoms with E-state index >= 15 is 0 Å². The van der Waals surface area contributed by atoms with Gasteiger partial charge in [0, 0.05) is 17.9 Å². The van der Waals surface area contributed by atoms with Crippen LogP contribution < -0.4 is 19.1 Å². The normalized spacial score (nSPS) is 16.8. The van der Waals surface area contributed by atoms with Crippen molar-refractivity contribution < 1.29 is 22.7 Å². The van der Waals surface area contributed by atoms with Gasteiger partial charge in [-0.1, -0.05) is 19.3 Å². The molecule has 2 aliphatic rings. The second-order valence-electron chi connectivity index (χ2n) is 7.14. The first-order valence-electron chi connectivity index (χ1n) is 9.69. The maximum Gasteiger partial charge on any atom is 0.240 e. The van der Waals surface area contributed by atoms with E-state index in [2.05, 4.69) is 5.32 Å². The van der Waals surface area contributed by atoms with Gasteiger partial charge in [0.2, 0.25) is 22.7 Å². The number of thioether (sulfide) groups is 1. The number of ether oxygens (including phenoxy) is 2. The second-order valence-corrected chi connectivity index (χ2v) is 10.5. The predicted octanol–water partition coefficient (Wildman–Crippen LogP) is 2.75. The second kappa shape index (κ2) is 9.73. The molecule has 156 valence electrons. The lowest BCUT2D eigenvalue weighted by Crippen LogP contribution is -2.40. The van der Waals surface area contributed by atoms with Crippen LogP contribution in [0.15, 0.2) is 18.2 Å². The van der Waals surface area contributed by atoms with Gasteiger partial charge < -0.3 is 14.8 Å². The van der Waals surface area contributed by atoms with E-state index in [0.717, 1.165) is 28.0 Å². The summed E-state index contributed by atoms with van der Waals surface area (Å²) in [5.74, 6) is 1.75. The molecular weight excluding hydrogens is 400 g/mol. The van der Waals surface area contributed by atoms with Crippen LogP contribution in [0.1, 0.15) is 38.5 Å². The molecule has 0 spiro atoms. The Hall–Kier alpha value is -1.61. The molecule has 1 heterocycles. The first kappa shape index (κ1) is 21.1. The summed E-state index contributed by atoms with van der Waals surface area (Å²) in [5.41, 5.74) is 0.384. The SMILES string of the molecule is CS(=O)(=O)N(CC(=O)NCCCSC1CCCCC1)c1ccc2c(c1)OCO2. The Kier molecular flexibility index (Phi) is 7.34. The van der Waals surface area contributed by atoms with Crippen molar-refractivity contribution in [3.05, 3.63) is 18.2 Å². The van der Waals surface area contributed by atoms with Crippen LogP contribution in [0.4, 0.5) is 5.69 Å². The van der Waals surface area contributed by atoms with E-state index in [9.17, 15) is 13.2 Å². The Morgan fingerprint density at radius 1 is 1.21 bits per heavy atom. The van der Waals surface area contributed by atoms with Crippen LogP contribution in [0.3, 0.4) is 0 Å². The maximum atomic E-state index is 12.3. The number of amides is 1. The van der Waals surface area contributed by atoms with Gasteiger partial charge in [0.05, 0.1) is 11.9 Å². The van der Waals surface area contributed by atoms with Gasteiger partial charge in [-0.05, 0) is 37.1 Å². The van der Waals surface area contributed by atoms with Gasteiger partial charge in [-0.3, -0.25) is 9.10 Å². The number of fused-ring (bicyclic) bond motifs is 1. The molecule has 7 nitrogen and oxygen atoms in total. The third-order valence-electron chi connectivity index (χ3n) is 4.88. The Morgan fingerprint density at radius 3 is 2.71 bits per heavy atom. The van der Waals surface area contributed by atoms with Crippen molar-refractivity contribution in [3.8, 4) is 11.5 Å². The van der Waals surface area contributed by atoms with Crippen molar-refractivity contribution in [1.82, 2.24) is 5.32 Å². The van der Waals surface area contributed by atoms with Crippen LogP contribution >= 0.6 is 11.8 Å². The number of nitrogens with one attached hydrogen (secondary N) is 1. The van der Waals surface area contributed by atoms with Gasteiger partial charge in [0.15, 0.2) is 11.5 Å². The molecular formula is C19H28N2O5S2. The molecule has 28 heavy (non-hydrogen) atoms. The van der Waals surface area contributed by atoms with Gasteiger partial charge >= 0.3 is 0 Å². The fraction of sp³-hybridized carbons (Fsp3) is 0.632. The zero-order valence-electron chi connectivity index (χ0n) is 16.2. The largest absolute Gasteiger partial charge is 0.454 e. The quantitative estimate of drug-likeness (QED) is 0.609. The molecule has 1 amide bonds. The van der Waals surface area contributed by atoms with Gasteiger partial charge in [0.25, 0.3) is 0 Å². The van der Waals surface area contributed by atoms with Crippen molar-refractivity contribution in [1.29, 1.82) is 0 Å². The zero-order chi connectivity index (χ0) is 20.0. The van der Waals surface area contributed by atoms with E-state index in [0.29, 0.717) is 23.7 Å². The summed E-state index contributed by atoms with van der Waals surface area (Å²) in [5, 5.41) is 3.59. The first-order chi connectivity index (χ1) is 13.4. The lowest BCUT2D eigenvalue weighted by molar-refractivity contribution is -0.119. The lowest BCUT2D eigenvalue weighted by Gasteiger charge is -2.22. The number of carbonyl (C=O) groups excluding carboxylic acids is 1. The molecule has 1 fully saturated rings. The molecule has 0 atom stereocenters. The molecule has 0 radical (unpaired) electrons. The number of nitrogens with zero attached hydrogens (tertiary/aromatic N) is 1. The number of anilines is 1. The van der Waals surface area contributed by atoms with Crippen LogP contribution in [-0.2, 0) is 14.8 Å². The minimum atomic E-state index is -3.61. The van der Waals surface area contributed by atoms with Gasteiger partial charge in [-0.2, -0.15) is 11.8 Å². The van der Waals surface area contributed by atoms with Crippen LogP contribution in [-0.4, -0.2) is 51.5 Å². The van der Waals surface area contributed by atoms with E-state index in [4.69, 9.17) is 9.47 Å². The van der Waals surface area contributed by atoms with E-state index in [-0.39, 0.29) is 19.2 Å². The third-order valence-corrected chi connectivity index (χ3v) is 7.49. The Morgan fingerprint density at radius 2 is 1.96 bits per heavy atom. The van der Waals surface area contributed by atoms with Gasteiger partial charge in [0.1, 0.15) is 6.54 Å². The highest BCUT2D eigenvalue weighted by Crippen LogP contribution is 2.36. The number of rotatable bonds is 9. The van der Waals surface area contributed by atoms with Crippen LogP contribution in [0.2, 0.25) is 0 Å².